The molecule has 7 heteroatoms. The van der Waals surface area contributed by atoms with E-state index in [0.717, 1.165) is 18.6 Å². The van der Waals surface area contributed by atoms with E-state index in [-0.39, 0.29) is 11.6 Å². The molecule has 2 aromatic rings. The number of amides is 1. The molecule has 0 aromatic carbocycles. The second-order valence-corrected chi connectivity index (χ2v) is 7.55. The fourth-order valence-corrected chi connectivity index (χ4v) is 2.92. The lowest BCUT2D eigenvalue weighted by molar-refractivity contribution is 0.0507. The Morgan fingerprint density at radius 1 is 1.30 bits per heavy atom. The number of carbonyl (C=O) groups is 1. The van der Waals surface area contributed by atoms with Crippen LogP contribution in [0.1, 0.15) is 40.0 Å². The minimum Gasteiger partial charge on any atom is -0.444 e. The predicted octanol–water partition coefficient (Wildman–Crippen LogP) is 3.38. The van der Waals surface area contributed by atoms with E-state index in [1.807, 2.05) is 26.8 Å². The molecule has 2 heterocycles. The summed E-state index contributed by atoms with van der Waals surface area (Å²) in [5.41, 5.74) is 1.07. The summed E-state index contributed by atoms with van der Waals surface area (Å²) in [6.07, 6.45) is 5.25. The fourth-order valence-electron chi connectivity index (χ4n) is 2.92. The maximum atomic E-state index is 11.9. The summed E-state index contributed by atoms with van der Waals surface area (Å²) in [4.78, 5) is 32.6. The standard InChI is InChI=1S/C20H24N4O3/c1-20(2,3)27-19(26)23-15-8-7-14(12-15)22-17-10-9-16(13-21-17)24-11-5-4-6-18(24)25/h4-6,9-11,13,15H,7-8,12H2,1-3H3,(H,23,26)/t15-/m0/s1. The first-order chi connectivity index (χ1) is 12.8. The number of ether oxygens (including phenoxy) is 1. The van der Waals surface area contributed by atoms with Gasteiger partial charge in [0.25, 0.3) is 5.56 Å². The van der Waals surface area contributed by atoms with Gasteiger partial charge in [0.2, 0.25) is 0 Å². The second kappa shape index (κ2) is 7.73. The van der Waals surface area contributed by atoms with E-state index in [0.29, 0.717) is 17.9 Å². The van der Waals surface area contributed by atoms with Crippen molar-refractivity contribution >= 4 is 17.6 Å². The number of aliphatic imine (C=N–C) groups is 1. The molecule has 1 amide bonds. The predicted molar refractivity (Wildman–Crippen MR) is 104 cm³/mol. The van der Waals surface area contributed by atoms with Crippen LogP contribution in [0.2, 0.25) is 0 Å². The van der Waals surface area contributed by atoms with Gasteiger partial charge < -0.3 is 10.1 Å². The van der Waals surface area contributed by atoms with E-state index < -0.39 is 11.7 Å². The molecular formula is C20H24N4O3. The van der Waals surface area contributed by atoms with Gasteiger partial charge in [0.15, 0.2) is 5.82 Å². The molecule has 1 aliphatic carbocycles. The summed E-state index contributed by atoms with van der Waals surface area (Å²) >= 11 is 0. The van der Waals surface area contributed by atoms with Crippen LogP contribution in [0.15, 0.2) is 52.5 Å². The first kappa shape index (κ1) is 18.8. The molecule has 7 nitrogen and oxygen atoms in total. The molecule has 0 saturated heterocycles. The normalized spacial score (nSPS) is 18.5. The quantitative estimate of drug-likeness (QED) is 0.900. The minimum atomic E-state index is -0.508. The number of carbonyl (C=O) groups excluding carboxylic acids is 1. The van der Waals surface area contributed by atoms with Crippen LogP contribution in [0, 0.1) is 0 Å². The van der Waals surface area contributed by atoms with Crippen molar-refractivity contribution < 1.29 is 9.53 Å². The molecule has 0 bridgehead atoms. The van der Waals surface area contributed by atoms with Gasteiger partial charge in [-0.15, -0.1) is 0 Å². The smallest absolute Gasteiger partial charge is 0.407 e. The molecule has 0 unspecified atom stereocenters. The molecular weight excluding hydrogens is 344 g/mol. The number of hydrogen-bond acceptors (Lipinski definition) is 5. The Balaban J connectivity index is 1.62. The first-order valence-electron chi connectivity index (χ1n) is 9.00. The summed E-state index contributed by atoms with van der Waals surface area (Å²) in [7, 11) is 0. The van der Waals surface area contributed by atoms with Gasteiger partial charge in [0.1, 0.15) is 5.60 Å². The summed E-state index contributed by atoms with van der Waals surface area (Å²) < 4.78 is 6.82. The minimum absolute atomic E-state index is 0.0285. The van der Waals surface area contributed by atoms with Crippen LogP contribution < -0.4 is 10.9 Å². The molecule has 27 heavy (non-hydrogen) atoms. The molecule has 2 aromatic heterocycles. The maximum absolute atomic E-state index is 11.9. The Kier molecular flexibility index (Phi) is 5.39. The number of alkyl carbamates (subject to hydrolysis) is 1. The number of pyridine rings is 2. The summed E-state index contributed by atoms with van der Waals surface area (Å²) in [5, 5.41) is 2.89. The van der Waals surface area contributed by atoms with Gasteiger partial charge in [0.05, 0.1) is 11.9 Å². The lowest BCUT2D eigenvalue weighted by Gasteiger charge is -2.21. The molecule has 0 aliphatic heterocycles. The van der Waals surface area contributed by atoms with Gasteiger partial charge in [0, 0.05) is 30.4 Å². The number of nitrogens with one attached hydrogen (secondary N) is 1. The zero-order valence-electron chi connectivity index (χ0n) is 15.8. The van der Waals surface area contributed by atoms with Crippen molar-refractivity contribution in [3.05, 3.63) is 53.1 Å². The Morgan fingerprint density at radius 3 is 2.78 bits per heavy atom. The largest absolute Gasteiger partial charge is 0.444 e. The number of hydrogen-bond donors (Lipinski definition) is 1. The SMILES string of the molecule is CC(C)(C)OC(=O)N[C@H]1CCC(=Nc2ccc(-n3ccccc3=O)cn2)C1. The Labute approximate surface area is 158 Å². The van der Waals surface area contributed by atoms with Crippen molar-refractivity contribution in [1.29, 1.82) is 0 Å². The third kappa shape index (κ3) is 5.26. The van der Waals surface area contributed by atoms with Gasteiger partial charge in [-0.05, 0) is 51.8 Å². The molecule has 1 aliphatic rings. The average molecular weight is 368 g/mol. The van der Waals surface area contributed by atoms with Crippen LogP contribution in [0.4, 0.5) is 10.6 Å². The van der Waals surface area contributed by atoms with Gasteiger partial charge >= 0.3 is 6.09 Å². The highest BCUT2D eigenvalue weighted by molar-refractivity contribution is 5.89. The zero-order valence-corrected chi connectivity index (χ0v) is 15.8. The molecule has 0 radical (unpaired) electrons. The number of aromatic nitrogens is 2. The zero-order chi connectivity index (χ0) is 19.4. The van der Waals surface area contributed by atoms with Crippen molar-refractivity contribution in [1.82, 2.24) is 14.9 Å². The van der Waals surface area contributed by atoms with E-state index >= 15 is 0 Å². The highest BCUT2D eigenvalue weighted by Crippen LogP contribution is 2.21. The maximum Gasteiger partial charge on any atom is 0.407 e. The topological polar surface area (TPSA) is 85.6 Å². The number of nitrogens with zero attached hydrogens (tertiary/aromatic N) is 3. The van der Waals surface area contributed by atoms with Crippen molar-refractivity contribution in [2.75, 3.05) is 0 Å². The van der Waals surface area contributed by atoms with Crippen LogP contribution >= 0.6 is 0 Å². The lowest BCUT2D eigenvalue weighted by Crippen LogP contribution is -2.37. The summed E-state index contributed by atoms with van der Waals surface area (Å²) in [6, 6.07) is 8.64. The Hall–Kier alpha value is -2.96. The van der Waals surface area contributed by atoms with Gasteiger partial charge in [-0.1, -0.05) is 6.07 Å². The number of rotatable bonds is 3. The van der Waals surface area contributed by atoms with Crippen LogP contribution in [0.25, 0.3) is 5.69 Å². The lowest BCUT2D eigenvalue weighted by atomic mass is 10.2. The Morgan fingerprint density at radius 2 is 2.11 bits per heavy atom. The van der Waals surface area contributed by atoms with Crippen molar-refractivity contribution in [3.63, 3.8) is 0 Å². The molecule has 1 fully saturated rings. The van der Waals surface area contributed by atoms with E-state index in [2.05, 4.69) is 15.3 Å². The molecule has 0 spiro atoms. The fraction of sp³-hybridized carbons (Fsp3) is 0.400. The van der Waals surface area contributed by atoms with Crippen molar-refractivity contribution in [2.45, 2.75) is 51.7 Å². The first-order valence-corrected chi connectivity index (χ1v) is 9.00. The molecule has 142 valence electrons. The highest BCUT2D eigenvalue weighted by atomic mass is 16.6. The van der Waals surface area contributed by atoms with Crippen LogP contribution in [0.3, 0.4) is 0 Å². The van der Waals surface area contributed by atoms with Crippen molar-refractivity contribution in [3.8, 4) is 5.69 Å². The van der Waals surface area contributed by atoms with Gasteiger partial charge in [-0.25, -0.2) is 14.8 Å². The van der Waals surface area contributed by atoms with Crippen molar-refractivity contribution in [2.24, 2.45) is 4.99 Å². The molecule has 1 N–H and O–H groups in total. The van der Waals surface area contributed by atoms with Crippen LogP contribution in [-0.4, -0.2) is 33.0 Å². The highest BCUT2D eigenvalue weighted by Gasteiger charge is 2.25. The van der Waals surface area contributed by atoms with E-state index in [4.69, 9.17) is 4.74 Å². The summed E-state index contributed by atoms with van der Waals surface area (Å²) in [5.74, 6) is 0.593. The molecule has 3 rings (SSSR count). The Bertz CT molecular complexity index is 894. The van der Waals surface area contributed by atoms with E-state index in [1.165, 1.54) is 10.6 Å². The third-order valence-electron chi connectivity index (χ3n) is 4.09. The third-order valence-corrected chi connectivity index (χ3v) is 4.09. The average Bonchev–Trinajstić information content (AvgIpc) is 3.01. The van der Waals surface area contributed by atoms with Crippen LogP contribution in [0.5, 0.6) is 0 Å². The van der Waals surface area contributed by atoms with Crippen LogP contribution in [-0.2, 0) is 4.74 Å². The monoisotopic (exact) mass is 368 g/mol. The molecule has 1 atom stereocenters. The van der Waals surface area contributed by atoms with Gasteiger partial charge in [-0.2, -0.15) is 0 Å². The second-order valence-electron chi connectivity index (χ2n) is 7.55. The van der Waals surface area contributed by atoms with E-state index in [1.54, 1.807) is 30.6 Å². The summed E-state index contributed by atoms with van der Waals surface area (Å²) in [6.45, 7) is 5.52. The van der Waals surface area contributed by atoms with Gasteiger partial charge in [-0.3, -0.25) is 9.36 Å². The molecule has 1 saturated carbocycles. The van der Waals surface area contributed by atoms with E-state index in [9.17, 15) is 9.59 Å².